The third-order valence-corrected chi connectivity index (χ3v) is 2.22. The third kappa shape index (κ3) is 1.80. The number of Topliss-reactive ketones (excluding diaryl/α,β-unsaturated/α-hetero) is 1. The van der Waals surface area contributed by atoms with Crippen molar-refractivity contribution < 1.29 is 9.59 Å². The molecular formula is C9H7BrO2. The topological polar surface area (TPSA) is 34.1 Å². The zero-order valence-corrected chi connectivity index (χ0v) is 8.09. The van der Waals surface area contributed by atoms with Crippen molar-refractivity contribution in [2.45, 2.75) is 6.92 Å². The van der Waals surface area contributed by atoms with E-state index < -0.39 is 0 Å². The molecule has 0 aliphatic heterocycles. The lowest BCUT2D eigenvalue weighted by atomic mass is 10.1. The predicted molar refractivity (Wildman–Crippen MR) is 49.5 cm³/mol. The molecule has 3 heteroatoms. The van der Waals surface area contributed by atoms with Gasteiger partial charge >= 0.3 is 0 Å². The van der Waals surface area contributed by atoms with Crippen LogP contribution in [-0.2, 0) is 0 Å². The number of aldehydes is 1. The Labute approximate surface area is 78.7 Å². The standard InChI is InChI=1S/C9H7BrO2/c1-6(12)7-2-3-8(5-11)9(10)4-7/h2-5H,1H3. The Morgan fingerprint density at radius 3 is 2.58 bits per heavy atom. The molecule has 0 atom stereocenters. The van der Waals surface area contributed by atoms with Gasteiger partial charge in [-0.1, -0.05) is 22.0 Å². The van der Waals surface area contributed by atoms with Gasteiger partial charge in [0.2, 0.25) is 0 Å². The van der Waals surface area contributed by atoms with E-state index in [4.69, 9.17) is 0 Å². The molecule has 0 bridgehead atoms. The Kier molecular flexibility index (Phi) is 2.76. The summed E-state index contributed by atoms with van der Waals surface area (Å²) in [6.45, 7) is 1.49. The molecular weight excluding hydrogens is 220 g/mol. The first-order valence-electron chi connectivity index (χ1n) is 3.41. The fourth-order valence-corrected chi connectivity index (χ4v) is 1.31. The Balaban J connectivity index is 3.18. The van der Waals surface area contributed by atoms with Crippen LogP contribution in [0.1, 0.15) is 27.6 Å². The maximum Gasteiger partial charge on any atom is 0.159 e. The molecule has 0 unspecified atom stereocenters. The van der Waals surface area contributed by atoms with Crippen LogP contribution in [0.15, 0.2) is 22.7 Å². The minimum atomic E-state index is -0.00634. The molecule has 2 nitrogen and oxygen atoms in total. The van der Waals surface area contributed by atoms with Crippen LogP contribution in [0.4, 0.5) is 0 Å². The van der Waals surface area contributed by atoms with Crippen LogP contribution in [0, 0.1) is 0 Å². The molecule has 0 heterocycles. The van der Waals surface area contributed by atoms with Gasteiger partial charge in [0, 0.05) is 15.6 Å². The molecule has 0 aromatic heterocycles. The van der Waals surface area contributed by atoms with Crippen molar-refractivity contribution in [2.75, 3.05) is 0 Å². The van der Waals surface area contributed by atoms with Crippen molar-refractivity contribution in [3.63, 3.8) is 0 Å². The number of carbonyl (C=O) groups is 2. The average molecular weight is 227 g/mol. The van der Waals surface area contributed by atoms with Crippen molar-refractivity contribution in [3.05, 3.63) is 33.8 Å². The van der Waals surface area contributed by atoms with Gasteiger partial charge in [-0.05, 0) is 19.1 Å². The first kappa shape index (κ1) is 9.13. The maximum absolute atomic E-state index is 10.9. The number of rotatable bonds is 2. The number of halogens is 1. The minimum absolute atomic E-state index is 0.00634. The molecule has 0 saturated heterocycles. The molecule has 1 rings (SSSR count). The minimum Gasteiger partial charge on any atom is -0.298 e. The molecule has 0 N–H and O–H groups in total. The number of hydrogen-bond donors (Lipinski definition) is 0. The lowest BCUT2D eigenvalue weighted by Gasteiger charge is -1.98. The van der Waals surface area contributed by atoms with E-state index in [0.717, 1.165) is 6.29 Å². The molecule has 0 radical (unpaired) electrons. The second kappa shape index (κ2) is 3.63. The van der Waals surface area contributed by atoms with E-state index >= 15 is 0 Å². The van der Waals surface area contributed by atoms with Crippen LogP contribution >= 0.6 is 15.9 Å². The van der Waals surface area contributed by atoms with Crippen LogP contribution in [0.5, 0.6) is 0 Å². The quantitative estimate of drug-likeness (QED) is 0.574. The number of ketones is 1. The summed E-state index contributed by atoms with van der Waals surface area (Å²) >= 11 is 3.19. The van der Waals surface area contributed by atoms with Gasteiger partial charge < -0.3 is 0 Å². The van der Waals surface area contributed by atoms with Gasteiger partial charge in [0.1, 0.15) is 0 Å². The molecule has 0 spiro atoms. The molecule has 1 aromatic carbocycles. The average Bonchev–Trinajstić information content (AvgIpc) is 2.04. The van der Waals surface area contributed by atoms with Gasteiger partial charge in [-0.2, -0.15) is 0 Å². The maximum atomic E-state index is 10.9. The summed E-state index contributed by atoms with van der Waals surface area (Å²) in [4.78, 5) is 21.3. The zero-order valence-electron chi connectivity index (χ0n) is 6.50. The van der Waals surface area contributed by atoms with Crippen LogP contribution in [-0.4, -0.2) is 12.1 Å². The summed E-state index contributed by atoms with van der Waals surface area (Å²) in [7, 11) is 0. The molecule has 0 aliphatic carbocycles. The lowest BCUT2D eigenvalue weighted by Crippen LogP contribution is -1.93. The summed E-state index contributed by atoms with van der Waals surface area (Å²) < 4.78 is 0.658. The predicted octanol–water partition coefficient (Wildman–Crippen LogP) is 2.46. The molecule has 12 heavy (non-hydrogen) atoms. The summed E-state index contributed by atoms with van der Waals surface area (Å²) in [5, 5.41) is 0. The van der Waals surface area contributed by atoms with Crippen LogP contribution in [0.2, 0.25) is 0 Å². The van der Waals surface area contributed by atoms with E-state index in [1.807, 2.05) is 0 Å². The highest BCUT2D eigenvalue weighted by molar-refractivity contribution is 9.10. The van der Waals surface area contributed by atoms with Gasteiger partial charge in [0.05, 0.1) is 0 Å². The Bertz CT molecular complexity index is 331. The van der Waals surface area contributed by atoms with Crippen molar-refractivity contribution >= 4 is 28.0 Å². The van der Waals surface area contributed by atoms with Crippen molar-refractivity contribution in [2.24, 2.45) is 0 Å². The van der Waals surface area contributed by atoms with E-state index in [1.54, 1.807) is 18.2 Å². The highest BCUT2D eigenvalue weighted by atomic mass is 79.9. The van der Waals surface area contributed by atoms with Gasteiger partial charge in [-0.3, -0.25) is 9.59 Å². The zero-order chi connectivity index (χ0) is 9.14. The van der Waals surface area contributed by atoms with E-state index in [1.165, 1.54) is 6.92 Å². The first-order chi connectivity index (χ1) is 5.65. The van der Waals surface area contributed by atoms with E-state index in [-0.39, 0.29) is 5.78 Å². The van der Waals surface area contributed by atoms with E-state index in [9.17, 15) is 9.59 Å². The third-order valence-electron chi connectivity index (χ3n) is 1.53. The summed E-state index contributed by atoms with van der Waals surface area (Å²) in [5.74, 6) is -0.00634. The molecule has 0 aliphatic rings. The van der Waals surface area contributed by atoms with Crippen LogP contribution in [0.25, 0.3) is 0 Å². The summed E-state index contributed by atoms with van der Waals surface area (Å²) in [6, 6.07) is 4.90. The van der Waals surface area contributed by atoms with Crippen molar-refractivity contribution in [1.29, 1.82) is 0 Å². The Hall–Kier alpha value is -0.960. The number of benzene rings is 1. The van der Waals surface area contributed by atoms with Crippen LogP contribution in [0.3, 0.4) is 0 Å². The van der Waals surface area contributed by atoms with Crippen molar-refractivity contribution in [1.82, 2.24) is 0 Å². The van der Waals surface area contributed by atoms with Crippen molar-refractivity contribution in [3.8, 4) is 0 Å². The highest BCUT2D eigenvalue weighted by Gasteiger charge is 2.02. The fourth-order valence-electron chi connectivity index (χ4n) is 0.842. The monoisotopic (exact) mass is 226 g/mol. The SMILES string of the molecule is CC(=O)c1ccc(C=O)c(Br)c1. The fraction of sp³-hybridized carbons (Fsp3) is 0.111. The molecule has 62 valence electrons. The van der Waals surface area contributed by atoms with Gasteiger partial charge in [0.25, 0.3) is 0 Å². The van der Waals surface area contributed by atoms with Crippen LogP contribution < -0.4 is 0 Å². The Morgan fingerprint density at radius 2 is 2.17 bits per heavy atom. The Morgan fingerprint density at radius 1 is 1.50 bits per heavy atom. The normalized spacial score (nSPS) is 9.50. The van der Waals surface area contributed by atoms with E-state index in [2.05, 4.69) is 15.9 Å². The van der Waals surface area contributed by atoms with Gasteiger partial charge in [-0.15, -0.1) is 0 Å². The number of hydrogen-bond acceptors (Lipinski definition) is 2. The largest absolute Gasteiger partial charge is 0.298 e. The first-order valence-corrected chi connectivity index (χ1v) is 4.20. The molecule has 0 fully saturated rings. The molecule has 0 saturated carbocycles. The smallest absolute Gasteiger partial charge is 0.159 e. The second-order valence-electron chi connectivity index (χ2n) is 2.41. The summed E-state index contributed by atoms with van der Waals surface area (Å²) in [6.07, 6.45) is 0.744. The highest BCUT2D eigenvalue weighted by Crippen LogP contribution is 2.17. The molecule has 0 amide bonds. The second-order valence-corrected chi connectivity index (χ2v) is 3.26. The summed E-state index contributed by atoms with van der Waals surface area (Å²) in [5.41, 5.74) is 1.16. The van der Waals surface area contributed by atoms with E-state index in [0.29, 0.717) is 15.6 Å². The lowest BCUT2D eigenvalue weighted by molar-refractivity contribution is 0.101. The van der Waals surface area contributed by atoms with Gasteiger partial charge in [0.15, 0.2) is 12.1 Å². The molecule has 1 aromatic rings. The number of carbonyl (C=O) groups excluding carboxylic acids is 2. The van der Waals surface area contributed by atoms with Gasteiger partial charge in [-0.25, -0.2) is 0 Å².